The number of hydrogen-bond donors (Lipinski definition) is 4. The summed E-state index contributed by atoms with van der Waals surface area (Å²) >= 11 is 0. The first-order valence-electron chi connectivity index (χ1n) is 8.54. The number of nitriles is 1. The van der Waals surface area contributed by atoms with Crippen molar-refractivity contribution >= 4 is 20.2 Å². The second-order valence-electron chi connectivity index (χ2n) is 5.47. The van der Waals surface area contributed by atoms with Gasteiger partial charge in [0, 0.05) is 0 Å². The monoisotopic (exact) mass is 429 g/mol. The predicted octanol–water partition coefficient (Wildman–Crippen LogP) is 1.43. The number of nitrogens with zero attached hydrogens (tertiary/aromatic N) is 4. The van der Waals surface area contributed by atoms with E-state index in [0.717, 1.165) is 12.8 Å². The van der Waals surface area contributed by atoms with E-state index in [1.807, 2.05) is 6.07 Å². The quantitative estimate of drug-likeness (QED) is 0.158. The number of rotatable bonds is 8. The van der Waals surface area contributed by atoms with Gasteiger partial charge >= 0.3 is 0 Å². The maximum absolute atomic E-state index is 11.5. The van der Waals surface area contributed by atoms with Gasteiger partial charge in [0.2, 0.25) is 0 Å². The zero-order valence-electron chi connectivity index (χ0n) is 15.6. The Morgan fingerprint density at radius 2 is 2.24 bits per heavy atom. The first-order chi connectivity index (χ1) is 14.2. The minimum Gasteiger partial charge on any atom is -0.394 e. The average molecular weight is 429 g/mol. The standard InChI is InChI=1S/C10H12N4O3.C6H10NO2P.H2O2/c15-3-6-1-2-7(17-6)14-5-13-8-9(14)11-4-12-10(8)16;1-2-5-8-10-9-6-3-4-7;1-2/h4-7,15H,1-3H2,(H,11,12,16);2,10H,1,3,5-6H2;1-2H. The number of fused-ring (bicyclic) bond motifs is 1. The highest BCUT2D eigenvalue weighted by Gasteiger charge is 2.27. The van der Waals surface area contributed by atoms with E-state index in [4.69, 9.17) is 34.7 Å². The van der Waals surface area contributed by atoms with Crippen LogP contribution in [0.2, 0.25) is 0 Å². The molecule has 0 aromatic carbocycles. The molecule has 4 N–H and O–H groups in total. The summed E-state index contributed by atoms with van der Waals surface area (Å²) < 4.78 is 17.2. The smallest absolute Gasteiger partial charge is 0.278 e. The zero-order valence-corrected chi connectivity index (χ0v) is 16.6. The summed E-state index contributed by atoms with van der Waals surface area (Å²) in [5.74, 6) is 0. The summed E-state index contributed by atoms with van der Waals surface area (Å²) in [6.45, 7) is 4.43. The number of aromatic amines is 1. The lowest BCUT2D eigenvalue weighted by Crippen LogP contribution is -2.14. The summed E-state index contributed by atoms with van der Waals surface area (Å²) in [7, 11) is 0.0265. The molecule has 29 heavy (non-hydrogen) atoms. The summed E-state index contributed by atoms with van der Waals surface area (Å²) in [5.41, 5.74) is 0.561. The number of imidazole rings is 1. The number of aromatic nitrogens is 4. The molecule has 3 rings (SSSR count). The fourth-order valence-corrected chi connectivity index (χ4v) is 2.83. The number of aliphatic hydroxyl groups excluding tert-OH is 1. The Hall–Kier alpha value is -2.23. The Bertz CT molecular complexity index is 822. The van der Waals surface area contributed by atoms with Crippen LogP contribution in [0.3, 0.4) is 0 Å². The first-order valence-corrected chi connectivity index (χ1v) is 9.35. The fraction of sp³-hybridized carbons (Fsp3) is 0.500. The predicted molar refractivity (Wildman–Crippen MR) is 104 cm³/mol. The Morgan fingerprint density at radius 3 is 2.90 bits per heavy atom. The third-order valence-electron chi connectivity index (χ3n) is 3.60. The van der Waals surface area contributed by atoms with E-state index in [1.54, 1.807) is 17.0 Å². The van der Waals surface area contributed by atoms with E-state index in [0.29, 0.717) is 30.8 Å². The summed E-state index contributed by atoms with van der Waals surface area (Å²) in [4.78, 5) is 22.1. The van der Waals surface area contributed by atoms with Crippen molar-refractivity contribution in [3.8, 4) is 6.07 Å². The van der Waals surface area contributed by atoms with Crippen LogP contribution >= 0.6 is 9.03 Å². The van der Waals surface area contributed by atoms with E-state index in [-0.39, 0.29) is 33.5 Å². The highest BCUT2D eigenvalue weighted by molar-refractivity contribution is 7.26. The lowest BCUT2D eigenvalue weighted by Gasteiger charge is -2.13. The van der Waals surface area contributed by atoms with Gasteiger partial charge in [0.25, 0.3) is 5.56 Å². The normalized spacial score (nSPS) is 18.0. The van der Waals surface area contributed by atoms with Gasteiger partial charge in [0.15, 0.2) is 20.2 Å². The van der Waals surface area contributed by atoms with Crippen molar-refractivity contribution < 1.29 is 29.4 Å². The molecule has 1 aliphatic heterocycles. The number of hydrogen-bond acceptors (Lipinski definition) is 10. The minimum absolute atomic E-state index is 0.0111. The van der Waals surface area contributed by atoms with Gasteiger partial charge < -0.3 is 23.9 Å². The van der Waals surface area contributed by atoms with Crippen molar-refractivity contribution in [1.82, 2.24) is 19.5 Å². The largest absolute Gasteiger partial charge is 0.394 e. The molecule has 0 amide bonds. The van der Waals surface area contributed by atoms with Crippen molar-refractivity contribution in [2.75, 3.05) is 19.8 Å². The second-order valence-corrected chi connectivity index (χ2v) is 6.21. The molecule has 1 saturated heterocycles. The van der Waals surface area contributed by atoms with E-state index in [1.165, 1.54) is 6.33 Å². The first kappa shape index (κ1) is 24.8. The van der Waals surface area contributed by atoms with Crippen molar-refractivity contribution in [2.24, 2.45) is 0 Å². The van der Waals surface area contributed by atoms with Crippen LogP contribution in [0.25, 0.3) is 11.2 Å². The van der Waals surface area contributed by atoms with Gasteiger partial charge in [-0.3, -0.25) is 19.9 Å². The molecule has 1 aliphatic rings. The third kappa shape index (κ3) is 7.96. The molecule has 12 nitrogen and oxygen atoms in total. The molecule has 3 heterocycles. The number of H-pyrrole nitrogens is 1. The van der Waals surface area contributed by atoms with Gasteiger partial charge in [-0.1, -0.05) is 6.08 Å². The van der Waals surface area contributed by atoms with Crippen LogP contribution in [-0.2, 0) is 13.8 Å². The highest BCUT2D eigenvalue weighted by Crippen LogP contribution is 2.29. The van der Waals surface area contributed by atoms with Gasteiger partial charge in [-0.25, -0.2) is 9.97 Å². The van der Waals surface area contributed by atoms with Crippen molar-refractivity contribution in [3.05, 3.63) is 35.7 Å². The van der Waals surface area contributed by atoms with Gasteiger partial charge in [-0.05, 0) is 12.8 Å². The molecule has 0 aliphatic carbocycles. The average Bonchev–Trinajstić information content (AvgIpc) is 3.40. The third-order valence-corrected chi connectivity index (χ3v) is 4.21. The maximum atomic E-state index is 11.5. The van der Waals surface area contributed by atoms with Crippen molar-refractivity contribution in [1.29, 1.82) is 5.26 Å². The topological polar surface area (TPSA) is 176 Å². The van der Waals surface area contributed by atoms with E-state index < -0.39 is 0 Å². The van der Waals surface area contributed by atoms with Crippen LogP contribution < -0.4 is 5.56 Å². The molecule has 160 valence electrons. The van der Waals surface area contributed by atoms with Crippen LogP contribution in [-0.4, -0.2) is 61.1 Å². The van der Waals surface area contributed by atoms with Gasteiger partial charge in [-0.2, -0.15) is 5.26 Å². The Balaban J connectivity index is 0.000000304. The van der Waals surface area contributed by atoms with Gasteiger partial charge in [0.05, 0.1) is 51.1 Å². The van der Waals surface area contributed by atoms with Gasteiger partial charge in [0.1, 0.15) is 6.23 Å². The fourth-order valence-electron chi connectivity index (χ4n) is 2.37. The van der Waals surface area contributed by atoms with E-state index in [2.05, 4.69) is 21.5 Å². The van der Waals surface area contributed by atoms with Crippen LogP contribution in [0, 0.1) is 11.3 Å². The molecule has 0 saturated carbocycles. The summed E-state index contributed by atoms with van der Waals surface area (Å²) in [6.07, 6.45) is 6.21. The molecule has 0 radical (unpaired) electrons. The molecule has 3 unspecified atom stereocenters. The molecular weight excluding hydrogens is 405 g/mol. The lowest BCUT2D eigenvalue weighted by atomic mass is 10.2. The maximum Gasteiger partial charge on any atom is 0.278 e. The van der Waals surface area contributed by atoms with Gasteiger partial charge in [-0.15, -0.1) is 6.58 Å². The Kier molecular flexibility index (Phi) is 12.6. The Morgan fingerprint density at radius 1 is 1.45 bits per heavy atom. The van der Waals surface area contributed by atoms with E-state index >= 15 is 0 Å². The molecular formula is C16H24N5O7P. The molecule has 1 fully saturated rings. The van der Waals surface area contributed by atoms with Crippen molar-refractivity contribution in [2.45, 2.75) is 31.6 Å². The minimum atomic E-state index is -0.259. The number of aliphatic hydroxyl groups is 1. The molecule has 2 aromatic rings. The van der Waals surface area contributed by atoms with Crippen LogP contribution in [0.1, 0.15) is 25.5 Å². The lowest BCUT2D eigenvalue weighted by molar-refractivity contribution is -0.176. The van der Waals surface area contributed by atoms with Crippen molar-refractivity contribution in [3.63, 3.8) is 0 Å². The van der Waals surface area contributed by atoms with E-state index in [9.17, 15) is 4.79 Å². The molecule has 3 atom stereocenters. The van der Waals surface area contributed by atoms with Crippen LogP contribution in [0.15, 0.2) is 30.1 Å². The van der Waals surface area contributed by atoms with Crippen LogP contribution in [0.4, 0.5) is 0 Å². The molecule has 2 aromatic heterocycles. The zero-order chi connectivity index (χ0) is 21.5. The molecule has 0 spiro atoms. The second kappa shape index (κ2) is 14.7. The highest BCUT2D eigenvalue weighted by atomic mass is 31.1. The molecule has 13 heteroatoms. The van der Waals surface area contributed by atoms with Crippen LogP contribution in [0.5, 0.6) is 0 Å². The Labute approximate surface area is 168 Å². The summed E-state index contributed by atoms with van der Waals surface area (Å²) in [5, 5.41) is 29.1. The number of nitrogens with one attached hydrogen (secondary N) is 1. The SMILES string of the molecule is C=CCOPOCCC#N.O=c1[nH]cnc2c1ncn2C1CCC(CO)O1.OO. The summed E-state index contributed by atoms with van der Waals surface area (Å²) in [6, 6.07) is 1.96. The number of ether oxygens (including phenoxy) is 1. The molecule has 0 bridgehead atoms.